The van der Waals surface area contributed by atoms with Crippen molar-refractivity contribution < 1.29 is 0 Å². The smallest absolute Gasteiger partial charge is 0.181 e. The molecule has 1 N–H and O–H groups in total. The second-order valence-electron chi connectivity index (χ2n) is 4.22. The lowest BCUT2D eigenvalue weighted by Crippen LogP contribution is -1.95. The fourth-order valence-corrected chi connectivity index (χ4v) is 3.02. The number of aromatic nitrogens is 5. The van der Waals surface area contributed by atoms with Crippen LogP contribution in [0, 0.1) is 25.2 Å². The van der Waals surface area contributed by atoms with Crippen molar-refractivity contribution in [2.75, 3.05) is 0 Å². The first-order chi connectivity index (χ1) is 9.69. The zero-order valence-electron chi connectivity index (χ0n) is 10.9. The number of aryl methyl sites for hydroxylation is 2. The van der Waals surface area contributed by atoms with E-state index in [9.17, 15) is 5.26 Å². The first-order valence-corrected chi connectivity index (χ1v) is 6.71. The summed E-state index contributed by atoms with van der Waals surface area (Å²) in [6, 6.07) is 4.09. The summed E-state index contributed by atoms with van der Waals surface area (Å²) in [4.78, 5) is 20.6. The molecule has 0 amide bonds. The van der Waals surface area contributed by atoms with E-state index in [2.05, 4.69) is 31.0 Å². The van der Waals surface area contributed by atoms with E-state index in [1.165, 1.54) is 18.1 Å². The molecule has 7 heteroatoms. The fourth-order valence-electron chi connectivity index (χ4n) is 1.93. The Morgan fingerprint density at radius 1 is 1.25 bits per heavy atom. The van der Waals surface area contributed by atoms with E-state index < -0.39 is 0 Å². The van der Waals surface area contributed by atoms with Crippen molar-refractivity contribution in [1.29, 1.82) is 5.26 Å². The van der Waals surface area contributed by atoms with E-state index in [0.717, 1.165) is 26.8 Å². The third-order valence-electron chi connectivity index (χ3n) is 2.80. The van der Waals surface area contributed by atoms with Crippen molar-refractivity contribution >= 4 is 22.9 Å². The van der Waals surface area contributed by atoms with Crippen LogP contribution in [0.25, 0.3) is 11.2 Å². The van der Waals surface area contributed by atoms with Gasteiger partial charge in [0.05, 0.1) is 17.6 Å². The molecular weight excluding hydrogens is 272 g/mol. The van der Waals surface area contributed by atoms with E-state index in [0.29, 0.717) is 11.2 Å². The number of H-pyrrole nitrogens is 1. The molecule has 0 spiro atoms. The number of aromatic amines is 1. The third kappa shape index (κ3) is 2.10. The summed E-state index contributed by atoms with van der Waals surface area (Å²) in [7, 11) is 0. The number of imidazole rings is 1. The molecular formula is C13H10N6S. The summed E-state index contributed by atoms with van der Waals surface area (Å²) in [5, 5.41) is 10.0. The second kappa shape index (κ2) is 4.90. The summed E-state index contributed by atoms with van der Waals surface area (Å²) in [6.07, 6.45) is 3.05. The monoisotopic (exact) mass is 282 g/mol. The average Bonchev–Trinajstić information content (AvgIpc) is 2.87. The summed E-state index contributed by atoms with van der Waals surface area (Å²) in [6.45, 7) is 3.74. The Kier molecular flexibility index (Phi) is 3.08. The van der Waals surface area contributed by atoms with E-state index >= 15 is 0 Å². The molecule has 3 rings (SSSR count). The van der Waals surface area contributed by atoms with Gasteiger partial charge in [-0.1, -0.05) is 11.8 Å². The molecule has 6 nitrogen and oxygen atoms in total. The lowest BCUT2D eigenvalue weighted by atomic mass is 10.2. The van der Waals surface area contributed by atoms with Gasteiger partial charge in [0.15, 0.2) is 5.65 Å². The van der Waals surface area contributed by atoms with E-state index in [1.54, 1.807) is 6.33 Å². The maximum Gasteiger partial charge on any atom is 0.181 e. The molecule has 0 aliphatic rings. The predicted octanol–water partition coefficient (Wildman–Crippen LogP) is 2.39. The zero-order valence-corrected chi connectivity index (χ0v) is 11.7. The Labute approximate surface area is 119 Å². The van der Waals surface area contributed by atoms with Crippen LogP contribution in [-0.2, 0) is 0 Å². The minimum atomic E-state index is 0.576. The summed E-state index contributed by atoms with van der Waals surface area (Å²) in [5.74, 6) is 0. The Morgan fingerprint density at radius 2 is 2.10 bits per heavy atom. The van der Waals surface area contributed by atoms with Gasteiger partial charge in [-0.3, -0.25) is 4.98 Å². The van der Waals surface area contributed by atoms with Crippen LogP contribution in [-0.4, -0.2) is 24.9 Å². The van der Waals surface area contributed by atoms with Gasteiger partial charge < -0.3 is 4.98 Å². The van der Waals surface area contributed by atoms with Gasteiger partial charge in [0.25, 0.3) is 0 Å². The van der Waals surface area contributed by atoms with E-state index in [4.69, 9.17) is 0 Å². The Bertz CT molecular complexity index is 832. The SMILES string of the molecule is Cc1cc(Sc2ncnc3nc[nH]c23)c(C#N)c(C)n1. The molecule has 3 aromatic rings. The van der Waals surface area contributed by atoms with Gasteiger partial charge in [-0.15, -0.1) is 0 Å². The number of nitrogens with one attached hydrogen (secondary N) is 1. The first kappa shape index (κ1) is 12.6. The standard InChI is InChI=1S/C13H10N6S/c1-7-3-10(9(4-14)8(2)19-7)20-13-11-12(16-5-15-11)17-6-18-13/h3,5-6H,1-2H3,(H,15,16,17,18). The number of nitriles is 1. The fraction of sp³-hybridized carbons (Fsp3) is 0.154. The van der Waals surface area contributed by atoms with Crippen LogP contribution >= 0.6 is 11.8 Å². The van der Waals surface area contributed by atoms with Crippen LogP contribution in [0.4, 0.5) is 0 Å². The van der Waals surface area contributed by atoms with Crippen molar-refractivity contribution in [2.45, 2.75) is 23.8 Å². The molecule has 0 saturated heterocycles. The molecule has 0 fully saturated rings. The molecule has 98 valence electrons. The van der Waals surface area contributed by atoms with Crippen molar-refractivity contribution in [1.82, 2.24) is 24.9 Å². The lowest BCUT2D eigenvalue weighted by molar-refractivity contribution is 1.06. The van der Waals surface area contributed by atoms with Crippen LogP contribution in [0.2, 0.25) is 0 Å². The Morgan fingerprint density at radius 3 is 2.90 bits per heavy atom. The Hall–Kier alpha value is -2.46. The van der Waals surface area contributed by atoms with Crippen molar-refractivity contribution in [3.05, 3.63) is 35.7 Å². The molecule has 0 aliphatic heterocycles. The summed E-state index contributed by atoms with van der Waals surface area (Å²) in [5.41, 5.74) is 3.56. The zero-order chi connectivity index (χ0) is 14.1. The van der Waals surface area contributed by atoms with Crippen molar-refractivity contribution in [3.8, 4) is 6.07 Å². The topological polar surface area (TPSA) is 91.1 Å². The molecule has 0 atom stereocenters. The number of nitrogens with zero attached hydrogens (tertiary/aromatic N) is 5. The molecule has 3 heterocycles. The minimum absolute atomic E-state index is 0.576. The molecule has 0 radical (unpaired) electrons. The highest BCUT2D eigenvalue weighted by molar-refractivity contribution is 7.99. The maximum absolute atomic E-state index is 9.29. The number of rotatable bonds is 2. The molecule has 0 aromatic carbocycles. The highest BCUT2D eigenvalue weighted by atomic mass is 32.2. The molecule has 20 heavy (non-hydrogen) atoms. The second-order valence-corrected chi connectivity index (χ2v) is 5.25. The average molecular weight is 282 g/mol. The quantitative estimate of drug-likeness (QED) is 0.726. The summed E-state index contributed by atoms with van der Waals surface area (Å²) < 4.78 is 0. The molecule has 0 aliphatic carbocycles. The Balaban J connectivity index is 2.12. The van der Waals surface area contributed by atoms with Gasteiger partial charge in [-0.25, -0.2) is 15.0 Å². The minimum Gasteiger partial charge on any atom is -0.341 e. The van der Waals surface area contributed by atoms with Crippen LogP contribution in [0.3, 0.4) is 0 Å². The van der Waals surface area contributed by atoms with E-state index in [-0.39, 0.29) is 0 Å². The highest BCUT2D eigenvalue weighted by Crippen LogP contribution is 2.33. The predicted molar refractivity (Wildman–Crippen MR) is 74.2 cm³/mol. The van der Waals surface area contributed by atoms with Crippen molar-refractivity contribution in [3.63, 3.8) is 0 Å². The van der Waals surface area contributed by atoms with E-state index in [1.807, 2.05) is 19.9 Å². The first-order valence-electron chi connectivity index (χ1n) is 5.89. The normalized spacial score (nSPS) is 10.7. The number of hydrogen-bond acceptors (Lipinski definition) is 6. The van der Waals surface area contributed by atoms with Gasteiger partial charge in [-0.2, -0.15) is 5.26 Å². The highest BCUT2D eigenvalue weighted by Gasteiger charge is 2.13. The summed E-state index contributed by atoms with van der Waals surface area (Å²) >= 11 is 1.42. The van der Waals surface area contributed by atoms with Crippen LogP contribution in [0.1, 0.15) is 17.0 Å². The van der Waals surface area contributed by atoms with Crippen LogP contribution in [0.5, 0.6) is 0 Å². The van der Waals surface area contributed by atoms with Gasteiger partial charge in [0.2, 0.25) is 0 Å². The third-order valence-corrected chi connectivity index (χ3v) is 3.84. The lowest BCUT2D eigenvalue weighted by Gasteiger charge is -2.07. The molecule has 0 saturated carbocycles. The van der Waals surface area contributed by atoms with Gasteiger partial charge in [0, 0.05) is 10.6 Å². The van der Waals surface area contributed by atoms with Crippen LogP contribution < -0.4 is 0 Å². The number of fused-ring (bicyclic) bond motifs is 1. The maximum atomic E-state index is 9.29. The van der Waals surface area contributed by atoms with Crippen molar-refractivity contribution in [2.24, 2.45) is 0 Å². The van der Waals surface area contributed by atoms with Crippen LogP contribution in [0.15, 0.2) is 28.6 Å². The van der Waals surface area contributed by atoms with Gasteiger partial charge >= 0.3 is 0 Å². The molecule has 0 bridgehead atoms. The number of pyridine rings is 1. The number of hydrogen-bond donors (Lipinski definition) is 1. The molecule has 0 unspecified atom stereocenters. The largest absolute Gasteiger partial charge is 0.341 e. The van der Waals surface area contributed by atoms with Gasteiger partial charge in [-0.05, 0) is 19.9 Å². The van der Waals surface area contributed by atoms with Gasteiger partial charge in [0.1, 0.15) is 22.9 Å². The molecule has 3 aromatic heterocycles.